The first-order valence-corrected chi connectivity index (χ1v) is 6.52. The third kappa shape index (κ3) is 3.90. The number of methoxy groups -OCH3 is 1. The molecule has 17 heavy (non-hydrogen) atoms. The summed E-state index contributed by atoms with van der Waals surface area (Å²) in [5, 5.41) is 4.05. The molecule has 1 aromatic rings. The minimum absolute atomic E-state index is 0.486. The van der Waals surface area contributed by atoms with Crippen molar-refractivity contribution in [3.8, 4) is 5.75 Å². The van der Waals surface area contributed by atoms with Crippen LogP contribution in [-0.2, 0) is 0 Å². The normalized spacial score (nSPS) is 14.4. The Morgan fingerprint density at radius 3 is 2.65 bits per heavy atom. The van der Waals surface area contributed by atoms with E-state index in [0.29, 0.717) is 16.9 Å². The molecule has 2 nitrogen and oxygen atoms in total. The highest BCUT2D eigenvalue weighted by Gasteiger charge is 2.15. The molecule has 2 atom stereocenters. The van der Waals surface area contributed by atoms with Crippen LogP contribution in [0.15, 0.2) is 18.2 Å². The first-order valence-electron chi connectivity index (χ1n) is 6.14. The molecular weight excluding hydrogens is 234 g/mol. The average Bonchev–Trinajstić information content (AvgIpc) is 2.35. The van der Waals surface area contributed by atoms with Gasteiger partial charge in [0.15, 0.2) is 0 Å². The molecule has 0 aliphatic carbocycles. The van der Waals surface area contributed by atoms with Crippen LogP contribution in [0.3, 0.4) is 0 Å². The molecule has 0 spiro atoms. The third-order valence-corrected chi connectivity index (χ3v) is 3.58. The smallest absolute Gasteiger partial charge is 0.137 e. The van der Waals surface area contributed by atoms with Crippen LogP contribution in [-0.4, -0.2) is 20.2 Å². The van der Waals surface area contributed by atoms with Crippen LogP contribution in [0, 0.1) is 5.92 Å². The molecule has 0 bridgehead atoms. The van der Waals surface area contributed by atoms with Crippen molar-refractivity contribution in [1.29, 1.82) is 0 Å². The molecule has 0 heterocycles. The van der Waals surface area contributed by atoms with Crippen LogP contribution in [0.4, 0.5) is 0 Å². The maximum atomic E-state index is 6.03. The largest absolute Gasteiger partial charge is 0.495 e. The zero-order valence-corrected chi connectivity index (χ0v) is 11.8. The first-order chi connectivity index (χ1) is 8.10. The van der Waals surface area contributed by atoms with Gasteiger partial charge in [-0.3, -0.25) is 0 Å². The van der Waals surface area contributed by atoms with Crippen LogP contribution in [0.1, 0.15) is 32.3 Å². The quantitative estimate of drug-likeness (QED) is 0.837. The molecular formula is C14H22ClNO. The minimum atomic E-state index is 0.486. The summed E-state index contributed by atoms with van der Waals surface area (Å²) in [6.07, 6.45) is 0. The zero-order valence-electron chi connectivity index (χ0n) is 11.1. The molecule has 1 rings (SSSR count). The predicted octanol–water partition coefficient (Wildman–Crippen LogP) is 3.70. The van der Waals surface area contributed by atoms with Crippen LogP contribution in [0.25, 0.3) is 0 Å². The number of benzene rings is 1. The second-order valence-corrected chi connectivity index (χ2v) is 4.87. The fourth-order valence-corrected chi connectivity index (χ4v) is 2.03. The molecule has 96 valence electrons. The second-order valence-electron chi connectivity index (χ2n) is 4.47. The lowest BCUT2D eigenvalue weighted by molar-refractivity contribution is 0.411. The van der Waals surface area contributed by atoms with Crippen molar-refractivity contribution in [2.24, 2.45) is 5.92 Å². The molecule has 0 amide bonds. The highest BCUT2D eigenvalue weighted by molar-refractivity contribution is 6.32. The lowest BCUT2D eigenvalue weighted by Gasteiger charge is -2.21. The van der Waals surface area contributed by atoms with Crippen molar-refractivity contribution in [1.82, 2.24) is 5.32 Å². The van der Waals surface area contributed by atoms with Gasteiger partial charge >= 0.3 is 0 Å². The van der Waals surface area contributed by atoms with E-state index in [2.05, 4.69) is 32.2 Å². The Morgan fingerprint density at radius 1 is 1.35 bits per heavy atom. The standard InChI is InChI=1S/C14H22ClNO/c1-5-16-9-10(2)11(3)12-6-7-13(15)14(8-12)17-4/h6-8,10-11,16H,5,9H2,1-4H3. The van der Waals surface area contributed by atoms with Gasteiger partial charge in [-0.1, -0.05) is 38.4 Å². The van der Waals surface area contributed by atoms with Gasteiger partial charge in [0.05, 0.1) is 12.1 Å². The number of ether oxygens (including phenoxy) is 1. The molecule has 0 saturated heterocycles. The number of hydrogen-bond acceptors (Lipinski definition) is 2. The summed E-state index contributed by atoms with van der Waals surface area (Å²) < 4.78 is 5.25. The van der Waals surface area contributed by atoms with Crippen LogP contribution in [0.5, 0.6) is 5.75 Å². The highest BCUT2D eigenvalue weighted by Crippen LogP contribution is 2.31. The summed E-state index contributed by atoms with van der Waals surface area (Å²) in [5.74, 6) is 1.83. The van der Waals surface area contributed by atoms with Gasteiger partial charge in [0, 0.05) is 0 Å². The van der Waals surface area contributed by atoms with Crippen molar-refractivity contribution in [2.75, 3.05) is 20.2 Å². The Hall–Kier alpha value is -0.730. The van der Waals surface area contributed by atoms with Gasteiger partial charge in [-0.15, -0.1) is 0 Å². The van der Waals surface area contributed by atoms with E-state index in [-0.39, 0.29) is 0 Å². The average molecular weight is 256 g/mol. The third-order valence-electron chi connectivity index (χ3n) is 3.27. The van der Waals surface area contributed by atoms with E-state index in [1.165, 1.54) is 5.56 Å². The topological polar surface area (TPSA) is 21.3 Å². The Balaban J connectivity index is 2.77. The molecule has 2 unspecified atom stereocenters. The number of hydrogen-bond donors (Lipinski definition) is 1. The fraction of sp³-hybridized carbons (Fsp3) is 0.571. The molecule has 0 radical (unpaired) electrons. The van der Waals surface area contributed by atoms with Crippen LogP contribution in [0.2, 0.25) is 5.02 Å². The molecule has 3 heteroatoms. The summed E-state index contributed by atoms with van der Waals surface area (Å²) >= 11 is 6.03. The van der Waals surface area contributed by atoms with E-state index in [1.54, 1.807) is 7.11 Å². The van der Waals surface area contributed by atoms with Crippen molar-refractivity contribution in [2.45, 2.75) is 26.7 Å². The summed E-state index contributed by atoms with van der Waals surface area (Å²) in [4.78, 5) is 0. The van der Waals surface area contributed by atoms with Crippen molar-refractivity contribution >= 4 is 11.6 Å². The Morgan fingerprint density at radius 2 is 2.06 bits per heavy atom. The molecule has 1 aromatic carbocycles. The summed E-state index contributed by atoms with van der Waals surface area (Å²) in [5.41, 5.74) is 1.27. The lowest BCUT2D eigenvalue weighted by Crippen LogP contribution is -2.24. The Bertz CT molecular complexity index is 354. The predicted molar refractivity (Wildman–Crippen MR) is 74.1 cm³/mol. The van der Waals surface area contributed by atoms with E-state index in [9.17, 15) is 0 Å². The van der Waals surface area contributed by atoms with Crippen LogP contribution < -0.4 is 10.1 Å². The van der Waals surface area contributed by atoms with Gasteiger partial charge in [0.1, 0.15) is 5.75 Å². The van der Waals surface area contributed by atoms with Gasteiger partial charge in [-0.05, 0) is 42.6 Å². The fourth-order valence-electron chi connectivity index (χ4n) is 1.84. The van der Waals surface area contributed by atoms with Gasteiger partial charge in [-0.2, -0.15) is 0 Å². The van der Waals surface area contributed by atoms with E-state index in [0.717, 1.165) is 18.8 Å². The Labute approximate surface area is 109 Å². The number of rotatable bonds is 6. The van der Waals surface area contributed by atoms with E-state index in [4.69, 9.17) is 16.3 Å². The van der Waals surface area contributed by atoms with E-state index in [1.807, 2.05) is 12.1 Å². The monoisotopic (exact) mass is 255 g/mol. The maximum absolute atomic E-state index is 6.03. The minimum Gasteiger partial charge on any atom is -0.495 e. The van der Waals surface area contributed by atoms with E-state index >= 15 is 0 Å². The molecule has 0 aliphatic heterocycles. The van der Waals surface area contributed by atoms with Crippen molar-refractivity contribution < 1.29 is 4.74 Å². The van der Waals surface area contributed by atoms with E-state index < -0.39 is 0 Å². The number of halogens is 1. The van der Waals surface area contributed by atoms with Crippen molar-refractivity contribution in [3.05, 3.63) is 28.8 Å². The molecule has 0 saturated carbocycles. The second kappa shape index (κ2) is 6.87. The van der Waals surface area contributed by atoms with Gasteiger partial charge in [0.25, 0.3) is 0 Å². The van der Waals surface area contributed by atoms with Gasteiger partial charge in [-0.25, -0.2) is 0 Å². The highest BCUT2D eigenvalue weighted by atomic mass is 35.5. The lowest BCUT2D eigenvalue weighted by atomic mass is 9.89. The Kier molecular flexibility index (Phi) is 5.79. The summed E-state index contributed by atoms with van der Waals surface area (Å²) in [7, 11) is 1.65. The SMILES string of the molecule is CCNCC(C)C(C)c1ccc(Cl)c(OC)c1. The maximum Gasteiger partial charge on any atom is 0.137 e. The molecule has 0 aliphatic rings. The first kappa shape index (κ1) is 14.3. The molecule has 0 aromatic heterocycles. The summed E-state index contributed by atoms with van der Waals surface area (Å²) in [6.45, 7) is 8.67. The zero-order chi connectivity index (χ0) is 12.8. The number of nitrogens with one attached hydrogen (secondary N) is 1. The van der Waals surface area contributed by atoms with Gasteiger partial charge in [0.2, 0.25) is 0 Å². The van der Waals surface area contributed by atoms with Crippen LogP contribution >= 0.6 is 11.6 Å². The summed E-state index contributed by atoms with van der Waals surface area (Å²) in [6, 6.07) is 6.03. The molecule has 0 fully saturated rings. The van der Waals surface area contributed by atoms with Crippen molar-refractivity contribution in [3.63, 3.8) is 0 Å². The van der Waals surface area contributed by atoms with Gasteiger partial charge < -0.3 is 10.1 Å². The molecule has 1 N–H and O–H groups in total.